The van der Waals surface area contributed by atoms with Crippen LogP contribution in [-0.2, 0) is 0 Å². The lowest BCUT2D eigenvalue weighted by Gasteiger charge is -2.04. The molecule has 0 heterocycles. The van der Waals surface area contributed by atoms with E-state index in [-0.39, 0.29) is 16.4 Å². The van der Waals surface area contributed by atoms with Gasteiger partial charge in [-0.25, -0.2) is 4.39 Å². The molecule has 0 bridgehead atoms. The van der Waals surface area contributed by atoms with Crippen molar-refractivity contribution in [3.05, 3.63) is 69.5 Å². The number of ketones is 1. The average molecular weight is 269 g/mol. The van der Waals surface area contributed by atoms with E-state index in [9.17, 15) is 9.18 Å². The molecular formula is C13H7Cl2FO. The van der Waals surface area contributed by atoms with Crippen LogP contribution in [0.2, 0.25) is 10.0 Å². The fourth-order valence-corrected chi connectivity index (χ4v) is 1.93. The fourth-order valence-electron chi connectivity index (χ4n) is 1.49. The Morgan fingerprint density at radius 2 is 1.76 bits per heavy atom. The molecule has 0 aliphatic heterocycles. The van der Waals surface area contributed by atoms with Gasteiger partial charge in [0.15, 0.2) is 5.78 Å². The van der Waals surface area contributed by atoms with Gasteiger partial charge >= 0.3 is 0 Å². The minimum Gasteiger partial charge on any atom is -0.289 e. The first-order chi connectivity index (χ1) is 8.08. The first-order valence-electron chi connectivity index (χ1n) is 4.83. The summed E-state index contributed by atoms with van der Waals surface area (Å²) in [5.74, 6) is -0.898. The van der Waals surface area contributed by atoms with E-state index in [1.54, 1.807) is 24.3 Å². The molecule has 0 aromatic heterocycles. The van der Waals surface area contributed by atoms with Gasteiger partial charge in [-0.1, -0.05) is 35.3 Å². The molecule has 86 valence electrons. The predicted octanol–water partition coefficient (Wildman–Crippen LogP) is 4.36. The topological polar surface area (TPSA) is 17.1 Å². The quantitative estimate of drug-likeness (QED) is 0.740. The molecule has 0 aliphatic rings. The molecule has 0 spiro atoms. The van der Waals surface area contributed by atoms with E-state index in [1.807, 2.05) is 0 Å². The standard InChI is InChI=1S/C13H7Cl2FO/c14-9-5-8(6-10(16)7-9)13(17)11-3-1-2-4-12(11)15/h1-7H. The van der Waals surface area contributed by atoms with Gasteiger partial charge in [0.05, 0.1) is 5.02 Å². The summed E-state index contributed by atoms with van der Waals surface area (Å²) in [5.41, 5.74) is 0.513. The lowest BCUT2D eigenvalue weighted by atomic mass is 10.0. The number of halogens is 3. The summed E-state index contributed by atoms with van der Waals surface area (Å²) in [6.45, 7) is 0. The number of benzene rings is 2. The van der Waals surface area contributed by atoms with Crippen LogP contribution in [-0.4, -0.2) is 5.78 Å². The van der Waals surface area contributed by atoms with E-state index in [0.29, 0.717) is 10.6 Å². The first kappa shape index (κ1) is 12.1. The molecule has 17 heavy (non-hydrogen) atoms. The van der Waals surface area contributed by atoms with Crippen molar-refractivity contribution < 1.29 is 9.18 Å². The highest BCUT2D eigenvalue weighted by Gasteiger charge is 2.13. The van der Waals surface area contributed by atoms with Gasteiger partial charge in [0.25, 0.3) is 0 Å². The van der Waals surface area contributed by atoms with Crippen molar-refractivity contribution in [2.75, 3.05) is 0 Å². The van der Waals surface area contributed by atoms with Gasteiger partial charge in [0.2, 0.25) is 0 Å². The van der Waals surface area contributed by atoms with Gasteiger partial charge in [0, 0.05) is 16.1 Å². The summed E-state index contributed by atoms with van der Waals surface area (Å²) >= 11 is 11.6. The second-order valence-electron chi connectivity index (χ2n) is 3.47. The summed E-state index contributed by atoms with van der Waals surface area (Å²) in [4.78, 5) is 12.1. The highest BCUT2D eigenvalue weighted by Crippen LogP contribution is 2.21. The number of carbonyl (C=O) groups excluding carboxylic acids is 1. The Labute approximate surface area is 108 Å². The minimum absolute atomic E-state index is 0.181. The maximum atomic E-state index is 13.1. The maximum absolute atomic E-state index is 13.1. The van der Waals surface area contributed by atoms with Crippen LogP contribution in [0.25, 0.3) is 0 Å². The number of carbonyl (C=O) groups is 1. The predicted molar refractivity (Wildman–Crippen MR) is 66.3 cm³/mol. The van der Waals surface area contributed by atoms with Gasteiger partial charge in [-0.15, -0.1) is 0 Å². The van der Waals surface area contributed by atoms with Crippen LogP contribution < -0.4 is 0 Å². The Morgan fingerprint density at radius 3 is 2.41 bits per heavy atom. The molecule has 1 nitrogen and oxygen atoms in total. The highest BCUT2D eigenvalue weighted by atomic mass is 35.5. The summed E-state index contributed by atoms with van der Waals surface area (Å²) < 4.78 is 13.1. The van der Waals surface area contributed by atoms with Crippen molar-refractivity contribution in [3.8, 4) is 0 Å². The highest BCUT2D eigenvalue weighted by molar-refractivity contribution is 6.35. The summed E-state index contributed by atoms with van der Waals surface area (Å²) in [5, 5.41) is 0.512. The molecule has 0 atom stereocenters. The lowest BCUT2D eigenvalue weighted by molar-refractivity contribution is 0.103. The van der Waals surface area contributed by atoms with Crippen LogP contribution in [0.5, 0.6) is 0 Å². The van der Waals surface area contributed by atoms with Crippen molar-refractivity contribution in [2.45, 2.75) is 0 Å². The molecule has 0 radical (unpaired) electrons. The van der Waals surface area contributed by atoms with E-state index >= 15 is 0 Å². The van der Waals surface area contributed by atoms with Crippen LogP contribution >= 0.6 is 23.2 Å². The van der Waals surface area contributed by atoms with Crippen LogP contribution in [0, 0.1) is 5.82 Å². The molecule has 0 fully saturated rings. The number of rotatable bonds is 2. The Hall–Kier alpha value is -1.38. The third kappa shape index (κ3) is 2.65. The average Bonchev–Trinajstić information content (AvgIpc) is 2.27. The second-order valence-corrected chi connectivity index (χ2v) is 4.31. The zero-order valence-corrected chi connectivity index (χ0v) is 10.1. The van der Waals surface area contributed by atoms with Crippen LogP contribution in [0.1, 0.15) is 15.9 Å². The van der Waals surface area contributed by atoms with Gasteiger partial charge in [-0.05, 0) is 30.3 Å². The SMILES string of the molecule is O=C(c1cc(F)cc(Cl)c1)c1ccccc1Cl. The largest absolute Gasteiger partial charge is 0.289 e. The molecule has 0 saturated heterocycles. The zero-order chi connectivity index (χ0) is 12.4. The van der Waals surface area contributed by atoms with E-state index in [0.717, 1.165) is 12.1 Å². The van der Waals surface area contributed by atoms with E-state index in [2.05, 4.69) is 0 Å². The third-order valence-corrected chi connectivity index (χ3v) is 2.79. The molecule has 2 aromatic rings. The molecule has 2 rings (SSSR count). The second kappa shape index (κ2) is 4.86. The van der Waals surface area contributed by atoms with Crippen LogP contribution in [0.3, 0.4) is 0 Å². The van der Waals surface area contributed by atoms with Crippen LogP contribution in [0.4, 0.5) is 4.39 Å². The molecular weight excluding hydrogens is 262 g/mol. The molecule has 0 unspecified atom stereocenters. The first-order valence-corrected chi connectivity index (χ1v) is 5.59. The van der Waals surface area contributed by atoms with Crippen molar-refractivity contribution >= 4 is 29.0 Å². The molecule has 0 saturated carbocycles. The summed E-state index contributed by atoms with van der Waals surface area (Å²) in [6, 6.07) is 10.3. The number of hydrogen-bond acceptors (Lipinski definition) is 1. The molecule has 0 aliphatic carbocycles. The van der Waals surface area contributed by atoms with Crippen molar-refractivity contribution in [1.82, 2.24) is 0 Å². The van der Waals surface area contributed by atoms with Gasteiger partial charge < -0.3 is 0 Å². The fraction of sp³-hybridized carbons (Fsp3) is 0. The third-order valence-electron chi connectivity index (χ3n) is 2.24. The van der Waals surface area contributed by atoms with Gasteiger partial charge in [0.1, 0.15) is 5.82 Å². The van der Waals surface area contributed by atoms with Crippen molar-refractivity contribution in [2.24, 2.45) is 0 Å². The number of hydrogen-bond donors (Lipinski definition) is 0. The maximum Gasteiger partial charge on any atom is 0.194 e. The van der Waals surface area contributed by atoms with Gasteiger partial charge in [-0.3, -0.25) is 4.79 Å². The zero-order valence-electron chi connectivity index (χ0n) is 8.58. The van der Waals surface area contributed by atoms with E-state index in [1.165, 1.54) is 6.07 Å². The van der Waals surface area contributed by atoms with Gasteiger partial charge in [-0.2, -0.15) is 0 Å². The van der Waals surface area contributed by atoms with E-state index < -0.39 is 5.82 Å². The monoisotopic (exact) mass is 268 g/mol. The normalized spacial score (nSPS) is 10.3. The molecule has 0 amide bonds. The van der Waals surface area contributed by atoms with Crippen molar-refractivity contribution in [3.63, 3.8) is 0 Å². The van der Waals surface area contributed by atoms with Crippen LogP contribution in [0.15, 0.2) is 42.5 Å². The molecule has 0 N–H and O–H groups in total. The molecule has 4 heteroatoms. The van der Waals surface area contributed by atoms with Crippen molar-refractivity contribution in [1.29, 1.82) is 0 Å². The lowest BCUT2D eigenvalue weighted by Crippen LogP contribution is -2.02. The minimum atomic E-state index is -0.548. The molecule has 2 aromatic carbocycles. The summed E-state index contributed by atoms with van der Waals surface area (Å²) in [6.07, 6.45) is 0. The Morgan fingerprint density at radius 1 is 1.06 bits per heavy atom. The summed E-state index contributed by atoms with van der Waals surface area (Å²) in [7, 11) is 0. The Bertz CT molecular complexity index is 561. The van der Waals surface area contributed by atoms with E-state index in [4.69, 9.17) is 23.2 Å². The Balaban J connectivity index is 2.48. The Kier molecular flexibility index (Phi) is 3.46. The smallest absolute Gasteiger partial charge is 0.194 e.